The van der Waals surface area contributed by atoms with Crippen molar-refractivity contribution in [2.45, 2.75) is 18.9 Å². The quantitative estimate of drug-likeness (QED) is 0.405. The van der Waals surface area contributed by atoms with Crippen LogP contribution in [0.2, 0.25) is 0 Å². The van der Waals surface area contributed by atoms with Crippen molar-refractivity contribution in [3.63, 3.8) is 0 Å². The van der Waals surface area contributed by atoms with Crippen LogP contribution in [0.3, 0.4) is 0 Å². The van der Waals surface area contributed by atoms with Crippen LogP contribution >= 0.6 is 0 Å². The number of aliphatic hydroxyl groups is 4. The van der Waals surface area contributed by atoms with E-state index >= 15 is 0 Å². The molecular weight excluding hydrogens is 136 g/mol. The highest BCUT2D eigenvalue weighted by Gasteiger charge is 2.10. The minimum Gasteiger partial charge on any atom is -0.396 e. The van der Waals surface area contributed by atoms with Gasteiger partial charge in [-0.05, 0) is 0 Å². The normalized spacial score (nSPS) is 14.1. The maximum Gasteiger partial charge on any atom is 0.0982 e. The zero-order valence-corrected chi connectivity index (χ0v) is 5.69. The summed E-state index contributed by atoms with van der Waals surface area (Å²) in [5.41, 5.74) is 0. The number of aliphatic hydroxyl groups excluding tert-OH is 4. The van der Waals surface area contributed by atoms with Crippen LogP contribution in [0.5, 0.6) is 0 Å². The Kier molecular flexibility index (Phi) is 5.52. The van der Waals surface area contributed by atoms with Crippen LogP contribution in [0.1, 0.15) is 12.8 Å². The Bertz CT molecular complexity index is 76.1. The zero-order valence-electron chi connectivity index (χ0n) is 5.69. The largest absolute Gasteiger partial charge is 0.396 e. The van der Waals surface area contributed by atoms with Gasteiger partial charge in [0.05, 0.1) is 18.8 Å². The lowest BCUT2D eigenvalue weighted by Crippen LogP contribution is -2.16. The Morgan fingerprint density at radius 1 is 1.30 bits per heavy atom. The molecule has 1 radical (unpaired) electrons. The maximum atomic E-state index is 8.84. The lowest BCUT2D eigenvalue weighted by Gasteiger charge is -2.10. The first-order valence-corrected chi connectivity index (χ1v) is 3.14. The zero-order chi connectivity index (χ0) is 7.98. The van der Waals surface area contributed by atoms with Gasteiger partial charge < -0.3 is 20.4 Å². The van der Waals surface area contributed by atoms with E-state index in [2.05, 4.69) is 0 Å². The molecule has 4 nitrogen and oxygen atoms in total. The molecule has 61 valence electrons. The van der Waals surface area contributed by atoms with Gasteiger partial charge in [0.1, 0.15) is 0 Å². The lowest BCUT2D eigenvalue weighted by molar-refractivity contribution is 0.0683. The van der Waals surface area contributed by atoms with Crippen molar-refractivity contribution in [3.05, 3.63) is 6.10 Å². The standard InChI is InChI=1S/C6H13O4/c7-2-1-5(9)3-6(10)4-8/h6-10H,1-4H2. The van der Waals surface area contributed by atoms with Crippen LogP contribution in [-0.4, -0.2) is 39.7 Å². The van der Waals surface area contributed by atoms with Crippen LogP contribution in [0.4, 0.5) is 0 Å². The van der Waals surface area contributed by atoms with Gasteiger partial charge in [-0.15, -0.1) is 0 Å². The van der Waals surface area contributed by atoms with Gasteiger partial charge in [0, 0.05) is 19.4 Å². The van der Waals surface area contributed by atoms with Gasteiger partial charge in [-0.1, -0.05) is 0 Å². The molecule has 0 bridgehead atoms. The van der Waals surface area contributed by atoms with E-state index in [4.69, 9.17) is 20.4 Å². The first kappa shape index (κ1) is 9.84. The molecule has 4 N–H and O–H groups in total. The summed E-state index contributed by atoms with van der Waals surface area (Å²) in [6.45, 7) is -0.501. The van der Waals surface area contributed by atoms with Crippen molar-refractivity contribution in [2.75, 3.05) is 13.2 Å². The molecule has 0 aromatic heterocycles. The molecule has 4 heteroatoms. The molecule has 0 aliphatic heterocycles. The van der Waals surface area contributed by atoms with Crippen LogP contribution < -0.4 is 0 Å². The van der Waals surface area contributed by atoms with E-state index in [1.165, 1.54) is 0 Å². The Morgan fingerprint density at radius 3 is 2.30 bits per heavy atom. The summed E-state index contributed by atoms with van der Waals surface area (Å²) in [6, 6.07) is 0. The molecule has 0 amide bonds. The van der Waals surface area contributed by atoms with Crippen LogP contribution in [0, 0.1) is 6.10 Å². The molecule has 1 atom stereocenters. The molecule has 0 aliphatic carbocycles. The summed E-state index contributed by atoms with van der Waals surface area (Å²) in [7, 11) is 0. The summed E-state index contributed by atoms with van der Waals surface area (Å²) >= 11 is 0. The molecule has 10 heavy (non-hydrogen) atoms. The van der Waals surface area contributed by atoms with Crippen molar-refractivity contribution in [1.82, 2.24) is 0 Å². The van der Waals surface area contributed by atoms with Crippen molar-refractivity contribution in [3.8, 4) is 0 Å². The van der Waals surface area contributed by atoms with E-state index in [0.29, 0.717) is 0 Å². The first-order valence-electron chi connectivity index (χ1n) is 3.14. The molecule has 0 rings (SSSR count). The van der Waals surface area contributed by atoms with E-state index in [-0.39, 0.29) is 32.2 Å². The predicted octanol–water partition coefficient (Wildman–Crippen LogP) is -0.983. The third-order valence-electron chi connectivity index (χ3n) is 1.08. The average molecular weight is 149 g/mol. The molecule has 0 aliphatic rings. The van der Waals surface area contributed by atoms with Crippen LogP contribution in [-0.2, 0) is 0 Å². The summed E-state index contributed by atoms with van der Waals surface area (Å²) < 4.78 is 0. The van der Waals surface area contributed by atoms with Crippen molar-refractivity contribution in [1.29, 1.82) is 0 Å². The second-order valence-electron chi connectivity index (χ2n) is 2.08. The monoisotopic (exact) mass is 149 g/mol. The van der Waals surface area contributed by atoms with Gasteiger partial charge in [-0.25, -0.2) is 0 Å². The van der Waals surface area contributed by atoms with Gasteiger partial charge >= 0.3 is 0 Å². The van der Waals surface area contributed by atoms with E-state index in [0.717, 1.165) is 0 Å². The minimum atomic E-state index is -0.911. The smallest absolute Gasteiger partial charge is 0.0982 e. The van der Waals surface area contributed by atoms with E-state index < -0.39 is 6.10 Å². The molecular formula is C6H13O4. The molecule has 1 unspecified atom stereocenters. The topological polar surface area (TPSA) is 80.9 Å². The fourth-order valence-electron chi connectivity index (χ4n) is 0.568. The van der Waals surface area contributed by atoms with Crippen molar-refractivity contribution in [2.24, 2.45) is 0 Å². The summed E-state index contributed by atoms with van der Waals surface area (Å²) in [5.74, 6) is 0. The molecule has 0 spiro atoms. The predicted molar refractivity (Wildman–Crippen MR) is 34.6 cm³/mol. The third kappa shape index (κ3) is 4.69. The Hall–Kier alpha value is -0.160. The Balaban J connectivity index is 3.27. The van der Waals surface area contributed by atoms with E-state index in [1.54, 1.807) is 0 Å². The van der Waals surface area contributed by atoms with E-state index in [1.807, 2.05) is 0 Å². The van der Waals surface area contributed by atoms with Crippen molar-refractivity contribution >= 4 is 0 Å². The highest BCUT2D eigenvalue weighted by Crippen LogP contribution is 2.08. The molecule has 0 fully saturated rings. The maximum absolute atomic E-state index is 8.84. The van der Waals surface area contributed by atoms with Gasteiger partial charge in [0.25, 0.3) is 0 Å². The van der Waals surface area contributed by atoms with Crippen molar-refractivity contribution < 1.29 is 20.4 Å². The number of hydrogen-bond donors (Lipinski definition) is 4. The van der Waals surface area contributed by atoms with E-state index in [9.17, 15) is 0 Å². The molecule has 0 aromatic rings. The molecule has 0 heterocycles. The minimum absolute atomic E-state index is 0.0176. The summed E-state index contributed by atoms with van der Waals surface area (Å²) in [5, 5.41) is 34.2. The van der Waals surface area contributed by atoms with Gasteiger partial charge in [-0.3, -0.25) is 0 Å². The highest BCUT2D eigenvalue weighted by atomic mass is 16.3. The SMILES string of the molecule is OCC[C](O)CC(O)CO. The summed E-state index contributed by atoms with van der Waals surface area (Å²) in [4.78, 5) is 0. The summed E-state index contributed by atoms with van der Waals surface area (Å²) in [6.07, 6.45) is -0.690. The highest BCUT2D eigenvalue weighted by molar-refractivity contribution is 4.78. The number of hydrogen-bond acceptors (Lipinski definition) is 4. The average Bonchev–Trinajstić information content (AvgIpc) is 1.88. The van der Waals surface area contributed by atoms with Crippen LogP contribution in [0.25, 0.3) is 0 Å². The number of rotatable bonds is 5. The lowest BCUT2D eigenvalue weighted by atomic mass is 10.1. The molecule has 0 saturated carbocycles. The van der Waals surface area contributed by atoms with Gasteiger partial charge in [0.2, 0.25) is 0 Å². The Morgan fingerprint density at radius 2 is 1.90 bits per heavy atom. The van der Waals surface area contributed by atoms with Gasteiger partial charge in [-0.2, -0.15) is 0 Å². The van der Waals surface area contributed by atoms with Gasteiger partial charge in [0.15, 0.2) is 0 Å². The molecule has 0 saturated heterocycles. The Labute approximate surface area is 59.7 Å². The second-order valence-corrected chi connectivity index (χ2v) is 2.08. The van der Waals surface area contributed by atoms with Crippen LogP contribution in [0.15, 0.2) is 0 Å². The fourth-order valence-corrected chi connectivity index (χ4v) is 0.568. The third-order valence-corrected chi connectivity index (χ3v) is 1.08. The first-order chi connectivity index (χ1) is 4.70. The second kappa shape index (κ2) is 5.61. The fraction of sp³-hybridized carbons (Fsp3) is 0.833. The molecule has 0 aromatic carbocycles.